The number of hydrogen-bond acceptors (Lipinski definition) is 2. The number of rotatable bonds is 3. The number of H-pyrrole nitrogens is 1. The summed E-state index contributed by atoms with van der Waals surface area (Å²) in [5, 5.41) is 0.454. The lowest BCUT2D eigenvalue weighted by Gasteiger charge is -1.96. The quantitative estimate of drug-likeness (QED) is 0.864. The Labute approximate surface area is 97.5 Å². The van der Waals surface area contributed by atoms with Crippen LogP contribution >= 0.6 is 11.6 Å². The number of nitrogens with one attached hydrogen (secondary N) is 1. The molecule has 0 saturated heterocycles. The molecule has 84 valence electrons. The maximum Gasteiger partial charge on any atom is 0.134 e. The second-order valence-electron chi connectivity index (χ2n) is 3.39. The van der Waals surface area contributed by atoms with Gasteiger partial charge in [-0.15, -0.1) is 0 Å². The SMILES string of the molecule is NCCc1nc(-c2ccc(F)cc2)c(Cl)[nH]1. The van der Waals surface area contributed by atoms with Gasteiger partial charge in [-0.25, -0.2) is 9.37 Å². The highest BCUT2D eigenvalue weighted by atomic mass is 35.5. The summed E-state index contributed by atoms with van der Waals surface area (Å²) in [7, 11) is 0. The molecule has 0 unspecified atom stereocenters. The van der Waals surface area contributed by atoms with Crippen LogP contribution in [0.3, 0.4) is 0 Å². The number of nitrogens with zero attached hydrogens (tertiary/aromatic N) is 1. The van der Waals surface area contributed by atoms with E-state index in [-0.39, 0.29) is 5.82 Å². The molecule has 0 spiro atoms. The first kappa shape index (κ1) is 11.1. The molecule has 0 aliphatic rings. The number of aromatic nitrogens is 2. The summed E-state index contributed by atoms with van der Waals surface area (Å²) in [6.45, 7) is 0.507. The van der Waals surface area contributed by atoms with E-state index < -0.39 is 0 Å². The number of imidazole rings is 1. The minimum Gasteiger partial charge on any atom is -0.332 e. The molecule has 0 atom stereocenters. The zero-order valence-corrected chi connectivity index (χ0v) is 9.26. The molecule has 2 aromatic rings. The Morgan fingerprint density at radius 1 is 1.31 bits per heavy atom. The van der Waals surface area contributed by atoms with Crippen LogP contribution in [0.4, 0.5) is 4.39 Å². The van der Waals surface area contributed by atoms with Crippen molar-refractivity contribution in [1.82, 2.24) is 9.97 Å². The van der Waals surface area contributed by atoms with Crippen LogP contribution in [-0.4, -0.2) is 16.5 Å². The van der Waals surface area contributed by atoms with Crippen molar-refractivity contribution in [2.24, 2.45) is 5.73 Å². The molecule has 5 heteroatoms. The topological polar surface area (TPSA) is 54.7 Å². The summed E-state index contributed by atoms with van der Waals surface area (Å²) in [6, 6.07) is 6.04. The summed E-state index contributed by atoms with van der Waals surface area (Å²) in [6.07, 6.45) is 0.640. The fourth-order valence-corrected chi connectivity index (χ4v) is 1.71. The van der Waals surface area contributed by atoms with Gasteiger partial charge in [-0.3, -0.25) is 0 Å². The summed E-state index contributed by atoms with van der Waals surface area (Å²) in [4.78, 5) is 7.25. The van der Waals surface area contributed by atoms with E-state index in [9.17, 15) is 4.39 Å². The molecule has 0 aliphatic heterocycles. The van der Waals surface area contributed by atoms with Gasteiger partial charge < -0.3 is 10.7 Å². The summed E-state index contributed by atoms with van der Waals surface area (Å²) in [5.41, 5.74) is 6.84. The van der Waals surface area contributed by atoms with Crippen molar-refractivity contribution >= 4 is 11.6 Å². The van der Waals surface area contributed by atoms with Crippen LogP contribution < -0.4 is 5.73 Å². The Hall–Kier alpha value is -1.39. The van der Waals surface area contributed by atoms with Gasteiger partial charge in [0.2, 0.25) is 0 Å². The molecular weight excluding hydrogens is 229 g/mol. The summed E-state index contributed by atoms with van der Waals surface area (Å²) in [5.74, 6) is 0.462. The lowest BCUT2D eigenvalue weighted by Crippen LogP contribution is -2.03. The van der Waals surface area contributed by atoms with E-state index in [4.69, 9.17) is 17.3 Å². The van der Waals surface area contributed by atoms with E-state index in [0.717, 1.165) is 11.4 Å². The monoisotopic (exact) mass is 239 g/mol. The molecule has 0 fully saturated rings. The molecule has 0 radical (unpaired) electrons. The number of halogens is 2. The molecule has 3 nitrogen and oxygen atoms in total. The third kappa shape index (κ3) is 2.23. The predicted molar refractivity (Wildman–Crippen MR) is 61.8 cm³/mol. The number of aromatic amines is 1. The number of hydrogen-bond donors (Lipinski definition) is 2. The van der Waals surface area contributed by atoms with Gasteiger partial charge in [-0.2, -0.15) is 0 Å². The Morgan fingerprint density at radius 3 is 2.62 bits per heavy atom. The van der Waals surface area contributed by atoms with E-state index in [1.807, 2.05) is 0 Å². The van der Waals surface area contributed by atoms with Gasteiger partial charge in [0.25, 0.3) is 0 Å². The fourth-order valence-electron chi connectivity index (χ4n) is 1.45. The molecule has 2 rings (SSSR count). The Kier molecular flexibility index (Phi) is 3.22. The third-order valence-corrected chi connectivity index (χ3v) is 2.48. The van der Waals surface area contributed by atoms with Gasteiger partial charge in [-0.05, 0) is 30.8 Å². The standard InChI is InChI=1S/C11H11ClFN3/c12-11-10(15-9(16-11)5-6-14)7-1-3-8(13)4-2-7/h1-4H,5-6,14H2,(H,15,16). The zero-order chi connectivity index (χ0) is 11.5. The van der Waals surface area contributed by atoms with Crippen molar-refractivity contribution < 1.29 is 4.39 Å². The van der Waals surface area contributed by atoms with E-state index in [1.165, 1.54) is 12.1 Å². The molecule has 1 aromatic heterocycles. The first-order valence-electron chi connectivity index (χ1n) is 4.91. The van der Waals surface area contributed by atoms with Crippen molar-refractivity contribution in [2.45, 2.75) is 6.42 Å². The molecule has 0 aliphatic carbocycles. The van der Waals surface area contributed by atoms with Crippen LogP contribution in [0.15, 0.2) is 24.3 Å². The first-order valence-corrected chi connectivity index (χ1v) is 5.29. The van der Waals surface area contributed by atoms with E-state index in [0.29, 0.717) is 23.8 Å². The molecule has 16 heavy (non-hydrogen) atoms. The summed E-state index contributed by atoms with van der Waals surface area (Å²) >= 11 is 6.00. The highest BCUT2D eigenvalue weighted by molar-refractivity contribution is 6.31. The maximum absolute atomic E-state index is 12.8. The van der Waals surface area contributed by atoms with Gasteiger partial charge in [0, 0.05) is 12.0 Å². The second-order valence-corrected chi connectivity index (χ2v) is 3.77. The highest BCUT2D eigenvalue weighted by Gasteiger charge is 2.09. The van der Waals surface area contributed by atoms with Crippen molar-refractivity contribution in [1.29, 1.82) is 0 Å². The van der Waals surface area contributed by atoms with Crippen LogP contribution in [-0.2, 0) is 6.42 Å². The van der Waals surface area contributed by atoms with Crippen molar-refractivity contribution in [2.75, 3.05) is 6.54 Å². The van der Waals surface area contributed by atoms with Gasteiger partial charge in [0.15, 0.2) is 0 Å². The molecule has 0 amide bonds. The summed E-state index contributed by atoms with van der Waals surface area (Å²) < 4.78 is 12.8. The van der Waals surface area contributed by atoms with E-state index in [1.54, 1.807) is 12.1 Å². The van der Waals surface area contributed by atoms with Crippen molar-refractivity contribution in [3.05, 3.63) is 41.1 Å². The van der Waals surface area contributed by atoms with Crippen LogP contribution in [0.1, 0.15) is 5.82 Å². The van der Waals surface area contributed by atoms with Crippen LogP contribution in [0.25, 0.3) is 11.3 Å². The minimum absolute atomic E-state index is 0.280. The average Bonchev–Trinajstić information content (AvgIpc) is 2.61. The largest absolute Gasteiger partial charge is 0.332 e. The average molecular weight is 240 g/mol. The van der Waals surface area contributed by atoms with Crippen LogP contribution in [0.5, 0.6) is 0 Å². The number of nitrogens with two attached hydrogens (primary N) is 1. The highest BCUT2D eigenvalue weighted by Crippen LogP contribution is 2.25. The van der Waals surface area contributed by atoms with Gasteiger partial charge in [0.05, 0.1) is 0 Å². The lowest BCUT2D eigenvalue weighted by atomic mass is 10.2. The van der Waals surface area contributed by atoms with E-state index >= 15 is 0 Å². The second kappa shape index (κ2) is 4.63. The first-order chi connectivity index (χ1) is 7.70. The Bertz CT molecular complexity index is 478. The molecular formula is C11H11ClFN3. The Balaban J connectivity index is 2.36. The van der Waals surface area contributed by atoms with E-state index in [2.05, 4.69) is 9.97 Å². The predicted octanol–water partition coefficient (Wildman–Crippen LogP) is 2.37. The zero-order valence-electron chi connectivity index (χ0n) is 8.50. The lowest BCUT2D eigenvalue weighted by molar-refractivity contribution is 0.628. The molecule has 0 bridgehead atoms. The van der Waals surface area contributed by atoms with Gasteiger partial charge in [0.1, 0.15) is 22.5 Å². The molecule has 0 saturated carbocycles. The maximum atomic E-state index is 12.8. The normalized spacial score (nSPS) is 10.7. The van der Waals surface area contributed by atoms with Crippen molar-refractivity contribution in [3.8, 4) is 11.3 Å². The van der Waals surface area contributed by atoms with Crippen molar-refractivity contribution in [3.63, 3.8) is 0 Å². The molecule has 1 aromatic carbocycles. The van der Waals surface area contributed by atoms with Crippen LogP contribution in [0, 0.1) is 5.82 Å². The Morgan fingerprint density at radius 2 is 2.00 bits per heavy atom. The number of benzene rings is 1. The third-order valence-electron chi connectivity index (χ3n) is 2.21. The minimum atomic E-state index is -0.280. The molecule has 3 N–H and O–H groups in total. The van der Waals surface area contributed by atoms with Gasteiger partial charge >= 0.3 is 0 Å². The molecule has 1 heterocycles. The van der Waals surface area contributed by atoms with Gasteiger partial charge in [-0.1, -0.05) is 11.6 Å². The fraction of sp³-hybridized carbons (Fsp3) is 0.182. The van der Waals surface area contributed by atoms with Crippen LogP contribution in [0.2, 0.25) is 5.15 Å². The smallest absolute Gasteiger partial charge is 0.134 e.